The summed E-state index contributed by atoms with van der Waals surface area (Å²) in [7, 11) is 6.22. The Hall–Kier alpha value is -2.41. The van der Waals surface area contributed by atoms with Gasteiger partial charge in [0.2, 0.25) is 0 Å². The summed E-state index contributed by atoms with van der Waals surface area (Å²) in [5, 5.41) is 0. The van der Waals surface area contributed by atoms with Crippen molar-refractivity contribution >= 4 is 11.7 Å². The monoisotopic (exact) mass is 384 g/mol. The van der Waals surface area contributed by atoms with E-state index < -0.39 is 0 Å². The predicted octanol–water partition coefficient (Wildman–Crippen LogP) is 2.40. The van der Waals surface area contributed by atoms with Crippen molar-refractivity contribution in [1.82, 2.24) is 24.3 Å². The third-order valence-corrected chi connectivity index (χ3v) is 5.71. The molecule has 1 fully saturated rings. The van der Waals surface area contributed by atoms with Gasteiger partial charge in [-0.15, -0.1) is 0 Å². The maximum absolute atomic E-state index is 12.9. The molecular formula is C21H32N6O. The van der Waals surface area contributed by atoms with Gasteiger partial charge in [0.25, 0.3) is 5.91 Å². The lowest BCUT2D eigenvalue weighted by atomic mass is 10.0. The molecule has 7 nitrogen and oxygen atoms in total. The molecule has 152 valence electrons. The predicted molar refractivity (Wildman–Crippen MR) is 111 cm³/mol. The first kappa shape index (κ1) is 20.3. The van der Waals surface area contributed by atoms with Crippen LogP contribution in [0.15, 0.2) is 30.7 Å². The molecule has 0 radical (unpaired) electrons. The molecule has 7 heteroatoms. The molecule has 0 bridgehead atoms. The maximum atomic E-state index is 12.9. The quantitative estimate of drug-likeness (QED) is 0.734. The number of hydrogen-bond acceptors (Lipinski definition) is 5. The standard InChI is InChI=1S/C21H32N6O/c1-5-27(16-20-22-11-13-25(20)3)21(28)17-9-10-19(23-14-17)26(4)15-18-8-6-7-12-24(18)2/h9-11,13-14,18H,5-8,12,15-16H2,1-4H3/t18-/m1/s1. The smallest absolute Gasteiger partial charge is 0.255 e. The number of pyridine rings is 1. The summed E-state index contributed by atoms with van der Waals surface area (Å²) in [4.78, 5) is 28.2. The van der Waals surface area contributed by atoms with E-state index in [1.54, 1.807) is 17.3 Å². The highest BCUT2D eigenvalue weighted by atomic mass is 16.2. The number of likely N-dealkylation sites (N-methyl/N-ethyl adjacent to an activating group) is 2. The summed E-state index contributed by atoms with van der Waals surface area (Å²) in [5.41, 5.74) is 0.614. The Morgan fingerprint density at radius 3 is 2.68 bits per heavy atom. The van der Waals surface area contributed by atoms with E-state index in [0.29, 0.717) is 24.7 Å². The zero-order valence-corrected chi connectivity index (χ0v) is 17.5. The van der Waals surface area contributed by atoms with Crippen LogP contribution in [0.5, 0.6) is 0 Å². The number of carbonyl (C=O) groups excluding carboxylic acids is 1. The molecule has 0 unspecified atom stereocenters. The number of anilines is 1. The van der Waals surface area contributed by atoms with Gasteiger partial charge in [0.1, 0.15) is 11.6 Å². The Bertz CT molecular complexity index is 771. The molecule has 1 saturated heterocycles. The van der Waals surface area contributed by atoms with Crippen molar-refractivity contribution in [3.05, 3.63) is 42.1 Å². The molecule has 0 N–H and O–H groups in total. The van der Waals surface area contributed by atoms with Crippen molar-refractivity contribution in [2.24, 2.45) is 7.05 Å². The summed E-state index contributed by atoms with van der Waals surface area (Å²) in [6, 6.07) is 4.40. The Morgan fingerprint density at radius 2 is 2.07 bits per heavy atom. The Labute approximate surface area is 168 Å². The van der Waals surface area contributed by atoms with E-state index in [9.17, 15) is 4.79 Å². The highest BCUT2D eigenvalue weighted by Gasteiger charge is 2.21. The number of rotatable bonds is 7. The largest absolute Gasteiger partial charge is 0.358 e. The number of aryl methyl sites for hydroxylation is 1. The van der Waals surface area contributed by atoms with Crippen molar-refractivity contribution in [3.8, 4) is 0 Å². The molecule has 3 heterocycles. The highest BCUT2D eigenvalue weighted by molar-refractivity contribution is 5.94. The second kappa shape index (κ2) is 9.19. The average Bonchev–Trinajstić information content (AvgIpc) is 3.12. The van der Waals surface area contributed by atoms with Crippen LogP contribution >= 0.6 is 0 Å². The maximum Gasteiger partial charge on any atom is 0.255 e. The van der Waals surface area contributed by atoms with Gasteiger partial charge >= 0.3 is 0 Å². The minimum atomic E-state index is -0.0146. The molecule has 1 atom stereocenters. The third kappa shape index (κ3) is 4.70. The van der Waals surface area contributed by atoms with Crippen molar-refractivity contribution in [2.75, 3.05) is 38.6 Å². The fourth-order valence-electron chi connectivity index (χ4n) is 3.75. The number of amides is 1. The number of likely N-dealkylation sites (tertiary alicyclic amines) is 1. The van der Waals surface area contributed by atoms with Crippen LogP contribution in [0.3, 0.4) is 0 Å². The lowest BCUT2D eigenvalue weighted by Gasteiger charge is -2.35. The lowest BCUT2D eigenvalue weighted by molar-refractivity contribution is 0.0747. The Balaban J connectivity index is 1.63. The summed E-state index contributed by atoms with van der Waals surface area (Å²) < 4.78 is 1.94. The molecule has 1 aliphatic heterocycles. The zero-order chi connectivity index (χ0) is 20.1. The Kier molecular flexibility index (Phi) is 6.67. The van der Waals surface area contributed by atoms with Crippen LogP contribution in [0.1, 0.15) is 42.4 Å². The van der Waals surface area contributed by atoms with E-state index in [1.807, 2.05) is 36.9 Å². The van der Waals surface area contributed by atoms with Gasteiger partial charge in [-0.1, -0.05) is 6.42 Å². The summed E-state index contributed by atoms with van der Waals surface area (Å²) >= 11 is 0. The summed E-state index contributed by atoms with van der Waals surface area (Å²) in [6.07, 6.45) is 9.16. The second-order valence-electron chi connectivity index (χ2n) is 7.69. The number of hydrogen-bond donors (Lipinski definition) is 0. The molecule has 0 saturated carbocycles. The van der Waals surface area contributed by atoms with Crippen molar-refractivity contribution < 1.29 is 4.79 Å². The zero-order valence-electron chi connectivity index (χ0n) is 17.5. The number of carbonyl (C=O) groups is 1. The van der Waals surface area contributed by atoms with Gasteiger partial charge in [-0.25, -0.2) is 9.97 Å². The molecule has 28 heavy (non-hydrogen) atoms. The van der Waals surface area contributed by atoms with Crippen molar-refractivity contribution in [1.29, 1.82) is 0 Å². The first-order chi connectivity index (χ1) is 13.5. The summed E-state index contributed by atoms with van der Waals surface area (Å²) in [6.45, 7) is 5.23. The van der Waals surface area contributed by atoms with Crippen LogP contribution in [-0.4, -0.2) is 70.0 Å². The van der Waals surface area contributed by atoms with Gasteiger partial charge in [0, 0.05) is 51.8 Å². The number of piperidine rings is 1. The van der Waals surface area contributed by atoms with E-state index in [0.717, 1.165) is 18.2 Å². The highest BCUT2D eigenvalue weighted by Crippen LogP contribution is 2.19. The first-order valence-electron chi connectivity index (χ1n) is 10.1. The van der Waals surface area contributed by atoms with E-state index in [1.165, 1.54) is 25.8 Å². The van der Waals surface area contributed by atoms with Crippen LogP contribution < -0.4 is 4.90 Å². The molecular weight excluding hydrogens is 352 g/mol. The van der Waals surface area contributed by atoms with Gasteiger partial charge in [0.05, 0.1) is 12.1 Å². The van der Waals surface area contributed by atoms with Crippen LogP contribution in [0.2, 0.25) is 0 Å². The average molecular weight is 385 g/mol. The van der Waals surface area contributed by atoms with Gasteiger partial charge in [-0.05, 0) is 45.5 Å². The van der Waals surface area contributed by atoms with E-state index in [-0.39, 0.29) is 5.91 Å². The fraction of sp³-hybridized carbons (Fsp3) is 0.571. The van der Waals surface area contributed by atoms with Crippen LogP contribution in [0.25, 0.3) is 0 Å². The van der Waals surface area contributed by atoms with Gasteiger partial charge in [-0.3, -0.25) is 4.79 Å². The molecule has 1 aliphatic rings. The van der Waals surface area contributed by atoms with Crippen LogP contribution in [0.4, 0.5) is 5.82 Å². The molecule has 2 aromatic heterocycles. The van der Waals surface area contributed by atoms with Crippen LogP contribution in [-0.2, 0) is 13.6 Å². The minimum absolute atomic E-state index is 0.0146. The normalized spacial score (nSPS) is 17.5. The second-order valence-corrected chi connectivity index (χ2v) is 7.69. The minimum Gasteiger partial charge on any atom is -0.358 e. The van der Waals surface area contributed by atoms with Gasteiger partial charge in [-0.2, -0.15) is 0 Å². The molecule has 3 rings (SSSR count). The van der Waals surface area contributed by atoms with E-state index in [4.69, 9.17) is 0 Å². The molecule has 0 aliphatic carbocycles. The topological polar surface area (TPSA) is 57.5 Å². The van der Waals surface area contributed by atoms with Crippen molar-refractivity contribution in [3.63, 3.8) is 0 Å². The molecule has 1 amide bonds. The lowest BCUT2D eigenvalue weighted by Crippen LogP contribution is -2.43. The third-order valence-electron chi connectivity index (χ3n) is 5.71. The van der Waals surface area contributed by atoms with E-state index >= 15 is 0 Å². The van der Waals surface area contributed by atoms with Gasteiger partial charge in [0.15, 0.2) is 0 Å². The summed E-state index contributed by atoms with van der Waals surface area (Å²) in [5.74, 6) is 1.76. The number of nitrogens with zero attached hydrogens (tertiary/aromatic N) is 6. The first-order valence-corrected chi connectivity index (χ1v) is 10.1. The number of aromatic nitrogens is 3. The van der Waals surface area contributed by atoms with Crippen molar-refractivity contribution in [2.45, 2.75) is 38.8 Å². The van der Waals surface area contributed by atoms with Gasteiger partial charge < -0.3 is 19.3 Å². The molecule has 0 spiro atoms. The number of imidazole rings is 1. The fourth-order valence-corrected chi connectivity index (χ4v) is 3.75. The Morgan fingerprint density at radius 1 is 1.25 bits per heavy atom. The van der Waals surface area contributed by atoms with E-state index in [2.05, 4.69) is 33.9 Å². The molecule has 0 aromatic carbocycles. The molecule has 2 aromatic rings. The SMILES string of the molecule is CCN(Cc1nccn1C)C(=O)c1ccc(N(C)C[C@H]2CCCCN2C)nc1. The van der Waals surface area contributed by atoms with Crippen LogP contribution in [0, 0.1) is 0 Å².